The van der Waals surface area contributed by atoms with Gasteiger partial charge in [-0.2, -0.15) is 5.10 Å². The highest BCUT2D eigenvalue weighted by atomic mass is 16.5. The lowest BCUT2D eigenvalue weighted by molar-refractivity contribution is 0.198. The average Bonchev–Trinajstić information content (AvgIpc) is 2.85. The lowest BCUT2D eigenvalue weighted by atomic mass is 10.1. The van der Waals surface area contributed by atoms with Crippen molar-refractivity contribution >= 4 is 0 Å². The molecule has 0 saturated carbocycles. The van der Waals surface area contributed by atoms with E-state index < -0.39 is 6.10 Å². The van der Waals surface area contributed by atoms with Crippen molar-refractivity contribution in [1.29, 1.82) is 0 Å². The molecule has 0 radical (unpaired) electrons. The third-order valence-corrected chi connectivity index (χ3v) is 2.84. The van der Waals surface area contributed by atoms with Crippen molar-refractivity contribution in [2.75, 3.05) is 0 Å². The van der Waals surface area contributed by atoms with Gasteiger partial charge in [0.15, 0.2) is 5.82 Å². The molecule has 5 heteroatoms. The van der Waals surface area contributed by atoms with E-state index in [2.05, 4.69) is 17.0 Å². The molecule has 2 aromatic rings. The van der Waals surface area contributed by atoms with Crippen LogP contribution >= 0.6 is 0 Å². The molecule has 1 heterocycles. The van der Waals surface area contributed by atoms with Crippen LogP contribution in [-0.2, 0) is 13.2 Å². The lowest BCUT2D eigenvalue weighted by Gasteiger charge is -2.10. The summed E-state index contributed by atoms with van der Waals surface area (Å²) in [6, 6.07) is 7.45. The summed E-state index contributed by atoms with van der Waals surface area (Å²) in [6.45, 7) is 5.05. The smallest absolute Gasteiger partial charge is 0.164 e. The van der Waals surface area contributed by atoms with E-state index in [1.54, 1.807) is 13.3 Å². The standard InChI is InChI=1S/C14H19N3O2/c1-3-7-17-14(15-10-16-17)9-19-13-6-4-5-12(8-13)11(2)18/h4-6,8,10-11,18H,3,7,9H2,1-2H3/t11-/m1/s1. The van der Waals surface area contributed by atoms with Gasteiger partial charge in [0.05, 0.1) is 6.10 Å². The van der Waals surface area contributed by atoms with E-state index in [-0.39, 0.29) is 0 Å². The molecule has 2 rings (SSSR count). The van der Waals surface area contributed by atoms with Gasteiger partial charge in [-0.05, 0) is 31.0 Å². The Bertz CT molecular complexity index is 523. The number of aliphatic hydroxyl groups is 1. The van der Waals surface area contributed by atoms with Crippen molar-refractivity contribution in [2.24, 2.45) is 0 Å². The fraction of sp³-hybridized carbons (Fsp3) is 0.429. The molecule has 1 atom stereocenters. The van der Waals surface area contributed by atoms with Crippen molar-refractivity contribution in [3.8, 4) is 5.75 Å². The molecule has 0 spiro atoms. The minimum atomic E-state index is -0.493. The topological polar surface area (TPSA) is 60.2 Å². The van der Waals surface area contributed by atoms with Crippen LogP contribution < -0.4 is 4.74 Å². The molecule has 19 heavy (non-hydrogen) atoms. The van der Waals surface area contributed by atoms with Crippen LogP contribution in [0.3, 0.4) is 0 Å². The average molecular weight is 261 g/mol. The number of hydrogen-bond acceptors (Lipinski definition) is 4. The Kier molecular flexibility index (Phi) is 4.52. The number of ether oxygens (including phenoxy) is 1. The van der Waals surface area contributed by atoms with Crippen molar-refractivity contribution in [2.45, 2.75) is 39.5 Å². The summed E-state index contributed by atoms with van der Waals surface area (Å²) in [5.74, 6) is 1.54. The molecule has 1 N–H and O–H groups in total. The summed E-state index contributed by atoms with van der Waals surface area (Å²) in [7, 11) is 0. The van der Waals surface area contributed by atoms with Crippen LogP contribution in [0.2, 0.25) is 0 Å². The van der Waals surface area contributed by atoms with Gasteiger partial charge in [0.25, 0.3) is 0 Å². The summed E-state index contributed by atoms with van der Waals surface area (Å²) in [6.07, 6.45) is 2.06. The normalized spacial score (nSPS) is 12.4. The van der Waals surface area contributed by atoms with Gasteiger partial charge in [0.2, 0.25) is 0 Å². The minimum Gasteiger partial charge on any atom is -0.486 e. The van der Waals surface area contributed by atoms with E-state index in [9.17, 15) is 5.11 Å². The molecular weight excluding hydrogens is 242 g/mol. The maximum absolute atomic E-state index is 9.53. The van der Waals surface area contributed by atoms with Gasteiger partial charge >= 0.3 is 0 Å². The first-order chi connectivity index (χ1) is 9.20. The third-order valence-electron chi connectivity index (χ3n) is 2.84. The Morgan fingerprint density at radius 2 is 2.26 bits per heavy atom. The molecule has 0 bridgehead atoms. The fourth-order valence-electron chi connectivity index (χ4n) is 1.81. The molecule has 102 valence electrons. The molecular formula is C14H19N3O2. The Balaban J connectivity index is 2.02. The fourth-order valence-corrected chi connectivity index (χ4v) is 1.81. The summed E-state index contributed by atoms with van der Waals surface area (Å²) >= 11 is 0. The Labute approximate surface area is 112 Å². The van der Waals surface area contributed by atoms with Crippen LogP contribution in [0, 0.1) is 0 Å². The number of rotatable bonds is 6. The quantitative estimate of drug-likeness (QED) is 0.867. The van der Waals surface area contributed by atoms with Crippen LogP contribution in [0.1, 0.15) is 37.8 Å². The molecule has 0 saturated heterocycles. The monoisotopic (exact) mass is 261 g/mol. The van der Waals surface area contributed by atoms with Gasteiger partial charge in [-0.25, -0.2) is 9.67 Å². The van der Waals surface area contributed by atoms with Crippen LogP contribution in [0.15, 0.2) is 30.6 Å². The number of hydrogen-bond donors (Lipinski definition) is 1. The van der Waals surface area contributed by atoms with Gasteiger partial charge in [0, 0.05) is 6.54 Å². The largest absolute Gasteiger partial charge is 0.486 e. The predicted octanol–water partition coefficient (Wildman–Crippen LogP) is 2.32. The highest BCUT2D eigenvalue weighted by Gasteiger charge is 2.06. The molecule has 0 fully saturated rings. The van der Waals surface area contributed by atoms with E-state index in [0.29, 0.717) is 6.61 Å². The van der Waals surface area contributed by atoms with Gasteiger partial charge in [-0.15, -0.1) is 0 Å². The van der Waals surface area contributed by atoms with Crippen molar-refractivity contribution in [3.63, 3.8) is 0 Å². The van der Waals surface area contributed by atoms with Crippen molar-refractivity contribution in [1.82, 2.24) is 14.8 Å². The second-order valence-electron chi connectivity index (χ2n) is 4.44. The summed E-state index contributed by atoms with van der Waals surface area (Å²) in [5, 5.41) is 13.7. The van der Waals surface area contributed by atoms with E-state index in [0.717, 1.165) is 30.1 Å². The molecule has 1 aromatic carbocycles. The van der Waals surface area contributed by atoms with Crippen molar-refractivity contribution in [3.05, 3.63) is 42.0 Å². The number of aliphatic hydroxyl groups excluding tert-OH is 1. The maximum Gasteiger partial charge on any atom is 0.164 e. The summed E-state index contributed by atoms with van der Waals surface area (Å²) < 4.78 is 7.54. The SMILES string of the molecule is CCCn1ncnc1COc1cccc([C@@H](C)O)c1. The Morgan fingerprint density at radius 1 is 1.42 bits per heavy atom. The lowest BCUT2D eigenvalue weighted by Crippen LogP contribution is -2.08. The number of aryl methyl sites for hydroxylation is 1. The Hall–Kier alpha value is -1.88. The van der Waals surface area contributed by atoms with Gasteiger partial charge in [0.1, 0.15) is 18.7 Å². The van der Waals surface area contributed by atoms with Crippen LogP contribution in [0.4, 0.5) is 0 Å². The first-order valence-electron chi connectivity index (χ1n) is 6.48. The molecule has 0 aliphatic carbocycles. The number of benzene rings is 1. The molecule has 0 unspecified atom stereocenters. The second-order valence-corrected chi connectivity index (χ2v) is 4.44. The van der Waals surface area contributed by atoms with Crippen molar-refractivity contribution < 1.29 is 9.84 Å². The molecule has 0 aliphatic heterocycles. The molecule has 5 nitrogen and oxygen atoms in total. The number of nitrogens with zero attached hydrogens (tertiary/aromatic N) is 3. The molecule has 0 aliphatic rings. The Morgan fingerprint density at radius 3 is 3.00 bits per heavy atom. The van der Waals surface area contributed by atoms with E-state index in [4.69, 9.17) is 4.74 Å². The number of aromatic nitrogens is 3. The second kappa shape index (κ2) is 6.33. The predicted molar refractivity (Wildman–Crippen MR) is 71.7 cm³/mol. The zero-order valence-corrected chi connectivity index (χ0v) is 11.3. The van der Waals surface area contributed by atoms with E-state index >= 15 is 0 Å². The van der Waals surface area contributed by atoms with E-state index in [1.165, 1.54) is 0 Å². The van der Waals surface area contributed by atoms with Crippen LogP contribution in [-0.4, -0.2) is 19.9 Å². The summed E-state index contributed by atoms with van der Waals surface area (Å²) in [4.78, 5) is 4.18. The van der Waals surface area contributed by atoms with Crippen LogP contribution in [0.25, 0.3) is 0 Å². The zero-order chi connectivity index (χ0) is 13.7. The summed E-state index contributed by atoms with van der Waals surface area (Å²) in [5.41, 5.74) is 0.840. The molecule has 0 amide bonds. The van der Waals surface area contributed by atoms with Gasteiger partial charge in [-0.1, -0.05) is 19.1 Å². The minimum absolute atomic E-state index is 0.378. The maximum atomic E-state index is 9.53. The first-order valence-corrected chi connectivity index (χ1v) is 6.48. The van der Waals surface area contributed by atoms with Gasteiger partial charge in [-0.3, -0.25) is 0 Å². The van der Waals surface area contributed by atoms with E-state index in [1.807, 2.05) is 28.9 Å². The van der Waals surface area contributed by atoms with Gasteiger partial charge < -0.3 is 9.84 Å². The highest BCUT2D eigenvalue weighted by molar-refractivity contribution is 5.29. The highest BCUT2D eigenvalue weighted by Crippen LogP contribution is 2.19. The molecule has 1 aromatic heterocycles. The first kappa shape index (κ1) is 13.5. The zero-order valence-electron chi connectivity index (χ0n) is 11.3. The van der Waals surface area contributed by atoms with Crippen LogP contribution in [0.5, 0.6) is 5.75 Å². The third kappa shape index (κ3) is 3.54.